The van der Waals surface area contributed by atoms with Gasteiger partial charge in [0.25, 0.3) is 0 Å². The van der Waals surface area contributed by atoms with Crippen molar-refractivity contribution in [3.8, 4) is 0 Å². The van der Waals surface area contributed by atoms with Crippen LogP contribution in [0.4, 0.5) is 0 Å². The number of ether oxygens (including phenoxy) is 2. The first-order valence-electron chi connectivity index (χ1n) is 6.97. The normalized spacial score (nSPS) is 23.8. The molecule has 1 aliphatic carbocycles. The lowest BCUT2D eigenvalue weighted by Gasteiger charge is -2.39. The quantitative estimate of drug-likeness (QED) is 0.665. The molecule has 17 heavy (non-hydrogen) atoms. The van der Waals surface area contributed by atoms with Gasteiger partial charge < -0.3 is 14.8 Å². The van der Waals surface area contributed by atoms with Crippen LogP contribution in [0.5, 0.6) is 0 Å². The zero-order valence-electron chi connectivity index (χ0n) is 11.8. The van der Waals surface area contributed by atoms with E-state index in [0.29, 0.717) is 24.7 Å². The summed E-state index contributed by atoms with van der Waals surface area (Å²) in [7, 11) is 1.70. The Morgan fingerprint density at radius 2 is 2.00 bits per heavy atom. The topological polar surface area (TPSA) is 30.5 Å². The van der Waals surface area contributed by atoms with E-state index in [1.165, 1.54) is 25.7 Å². The van der Waals surface area contributed by atoms with Crippen molar-refractivity contribution >= 4 is 0 Å². The lowest BCUT2D eigenvalue weighted by molar-refractivity contribution is 0.0679. The van der Waals surface area contributed by atoms with E-state index < -0.39 is 0 Å². The van der Waals surface area contributed by atoms with Gasteiger partial charge in [0, 0.05) is 19.8 Å². The summed E-state index contributed by atoms with van der Waals surface area (Å²) in [5, 5.41) is 3.69. The first-order chi connectivity index (χ1) is 8.17. The van der Waals surface area contributed by atoms with Crippen molar-refractivity contribution in [3.63, 3.8) is 0 Å². The lowest BCUT2D eigenvalue weighted by Crippen LogP contribution is -2.44. The smallest absolute Gasteiger partial charge is 0.0700 e. The first kappa shape index (κ1) is 14.9. The molecule has 0 spiro atoms. The van der Waals surface area contributed by atoms with Crippen molar-refractivity contribution in [3.05, 3.63) is 0 Å². The summed E-state index contributed by atoms with van der Waals surface area (Å²) < 4.78 is 10.4. The molecule has 0 saturated heterocycles. The van der Waals surface area contributed by atoms with Crippen LogP contribution in [0.25, 0.3) is 0 Å². The van der Waals surface area contributed by atoms with Gasteiger partial charge in [-0.25, -0.2) is 0 Å². The molecule has 1 aliphatic rings. The van der Waals surface area contributed by atoms with Crippen molar-refractivity contribution in [2.45, 2.75) is 52.0 Å². The summed E-state index contributed by atoms with van der Waals surface area (Å²) in [5.41, 5.74) is 0.467. The van der Waals surface area contributed by atoms with Crippen LogP contribution in [-0.4, -0.2) is 39.5 Å². The Labute approximate surface area is 106 Å². The van der Waals surface area contributed by atoms with Gasteiger partial charge in [-0.05, 0) is 31.2 Å². The van der Waals surface area contributed by atoms with Crippen LogP contribution in [-0.2, 0) is 9.47 Å². The van der Waals surface area contributed by atoms with Crippen LogP contribution in [0.3, 0.4) is 0 Å². The van der Waals surface area contributed by atoms with Gasteiger partial charge in [-0.2, -0.15) is 0 Å². The molecule has 3 nitrogen and oxygen atoms in total. The number of hydrogen-bond donors (Lipinski definition) is 1. The Morgan fingerprint density at radius 1 is 1.18 bits per heavy atom. The summed E-state index contributed by atoms with van der Waals surface area (Å²) in [5.74, 6) is 0. The molecule has 1 unspecified atom stereocenters. The van der Waals surface area contributed by atoms with Gasteiger partial charge >= 0.3 is 0 Å². The first-order valence-corrected chi connectivity index (χ1v) is 6.97. The Kier molecular flexibility index (Phi) is 7.09. The number of methoxy groups -OCH3 is 1. The minimum Gasteiger partial charge on any atom is -0.382 e. The van der Waals surface area contributed by atoms with Crippen LogP contribution in [0.15, 0.2) is 0 Å². The number of hydrogen-bond acceptors (Lipinski definition) is 3. The molecular formula is C14H29NO2. The second kappa shape index (κ2) is 8.06. The van der Waals surface area contributed by atoms with E-state index >= 15 is 0 Å². The predicted octanol–water partition coefficient (Wildman–Crippen LogP) is 2.60. The number of rotatable bonds is 8. The van der Waals surface area contributed by atoms with E-state index in [4.69, 9.17) is 9.47 Å². The highest BCUT2D eigenvalue weighted by Gasteiger charge is 2.31. The fourth-order valence-corrected chi connectivity index (χ4v) is 2.57. The molecule has 0 aliphatic heterocycles. The maximum atomic E-state index is 5.45. The van der Waals surface area contributed by atoms with Crippen molar-refractivity contribution in [2.75, 3.05) is 33.5 Å². The summed E-state index contributed by atoms with van der Waals surface area (Å²) >= 11 is 0. The zero-order valence-corrected chi connectivity index (χ0v) is 11.8. The van der Waals surface area contributed by atoms with E-state index in [9.17, 15) is 0 Å². The highest BCUT2D eigenvalue weighted by molar-refractivity contribution is 4.87. The Hall–Kier alpha value is -0.120. The molecule has 0 aromatic carbocycles. The summed E-state index contributed by atoms with van der Waals surface area (Å²) in [6, 6.07) is 0.690. The second-order valence-corrected chi connectivity index (χ2v) is 5.70. The van der Waals surface area contributed by atoms with Gasteiger partial charge in [-0.3, -0.25) is 0 Å². The molecule has 0 radical (unpaired) electrons. The molecule has 0 aromatic heterocycles. The second-order valence-electron chi connectivity index (χ2n) is 5.70. The molecule has 1 atom stereocenters. The molecule has 0 bridgehead atoms. The molecule has 0 heterocycles. The molecule has 102 valence electrons. The lowest BCUT2D eigenvalue weighted by atomic mass is 9.73. The molecule has 1 rings (SSSR count). The Bertz CT molecular complexity index is 195. The average molecular weight is 243 g/mol. The standard InChI is InChI=1S/C14H29NO2/c1-14(2)8-5-4-7-13(14)15-9-6-10-17-12-11-16-3/h13,15H,4-12H2,1-3H3. The van der Waals surface area contributed by atoms with Gasteiger partial charge in [-0.15, -0.1) is 0 Å². The third kappa shape index (κ3) is 5.84. The highest BCUT2D eigenvalue weighted by Crippen LogP contribution is 2.35. The molecule has 3 heteroatoms. The van der Waals surface area contributed by atoms with Gasteiger partial charge in [0.2, 0.25) is 0 Å². The van der Waals surface area contributed by atoms with E-state index in [1.807, 2.05) is 0 Å². The molecule has 0 aromatic rings. The summed E-state index contributed by atoms with van der Waals surface area (Å²) in [6.45, 7) is 8.09. The minimum atomic E-state index is 0.467. The predicted molar refractivity (Wildman–Crippen MR) is 71.4 cm³/mol. The van der Waals surface area contributed by atoms with E-state index in [1.54, 1.807) is 7.11 Å². The number of nitrogens with one attached hydrogen (secondary N) is 1. The van der Waals surface area contributed by atoms with E-state index in [-0.39, 0.29) is 0 Å². The van der Waals surface area contributed by atoms with Crippen LogP contribution < -0.4 is 5.32 Å². The Morgan fingerprint density at radius 3 is 2.71 bits per heavy atom. The molecule has 1 N–H and O–H groups in total. The maximum Gasteiger partial charge on any atom is 0.0700 e. The SMILES string of the molecule is COCCOCCCNC1CCCCC1(C)C. The zero-order chi connectivity index (χ0) is 12.6. The van der Waals surface area contributed by atoms with Gasteiger partial charge in [0.1, 0.15) is 0 Å². The minimum absolute atomic E-state index is 0.467. The Balaban J connectivity index is 2.01. The van der Waals surface area contributed by atoms with Crippen LogP contribution >= 0.6 is 0 Å². The largest absolute Gasteiger partial charge is 0.382 e. The summed E-state index contributed by atoms with van der Waals surface area (Å²) in [4.78, 5) is 0. The average Bonchev–Trinajstić information content (AvgIpc) is 2.29. The van der Waals surface area contributed by atoms with Crippen molar-refractivity contribution in [1.29, 1.82) is 0 Å². The molecular weight excluding hydrogens is 214 g/mol. The fraction of sp³-hybridized carbons (Fsp3) is 1.00. The van der Waals surface area contributed by atoms with Crippen molar-refractivity contribution < 1.29 is 9.47 Å². The molecule has 1 fully saturated rings. The summed E-state index contributed by atoms with van der Waals surface area (Å²) in [6.07, 6.45) is 6.56. The van der Waals surface area contributed by atoms with Gasteiger partial charge in [0.15, 0.2) is 0 Å². The fourth-order valence-electron chi connectivity index (χ4n) is 2.57. The van der Waals surface area contributed by atoms with E-state index in [2.05, 4.69) is 19.2 Å². The third-order valence-electron chi connectivity index (χ3n) is 3.80. The van der Waals surface area contributed by atoms with Crippen molar-refractivity contribution in [2.24, 2.45) is 5.41 Å². The molecule has 1 saturated carbocycles. The van der Waals surface area contributed by atoms with Crippen LogP contribution in [0.1, 0.15) is 46.0 Å². The third-order valence-corrected chi connectivity index (χ3v) is 3.80. The van der Waals surface area contributed by atoms with Crippen LogP contribution in [0.2, 0.25) is 0 Å². The monoisotopic (exact) mass is 243 g/mol. The maximum absolute atomic E-state index is 5.45. The van der Waals surface area contributed by atoms with Crippen LogP contribution in [0, 0.1) is 5.41 Å². The van der Waals surface area contributed by atoms with Gasteiger partial charge in [-0.1, -0.05) is 26.7 Å². The molecule has 0 amide bonds. The van der Waals surface area contributed by atoms with Gasteiger partial charge in [0.05, 0.1) is 13.2 Å². The van der Waals surface area contributed by atoms with E-state index in [0.717, 1.165) is 19.6 Å². The highest BCUT2D eigenvalue weighted by atomic mass is 16.5. The van der Waals surface area contributed by atoms with Crippen molar-refractivity contribution in [1.82, 2.24) is 5.32 Å².